The van der Waals surface area contributed by atoms with Crippen LogP contribution < -0.4 is 10.9 Å². The van der Waals surface area contributed by atoms with Gasteiger partial charge in [-0.1, -0.05) is 47.6 Å². The summed E-state index contributed by atoms with van der Waals surface area (Å²) in [5.41, 5.74) is 6.15. The molecule has 1 aliphatic rings. The van der Waals surface area contributed by atoms with Gasteiger partial charge in [0.2, 0.25) is 0 Å². The third kappa shape index (κ3) is 3.32. The predicted octanol–water partition coefficient (Wildman–Crippen LogP) is 2.56. The number of rotatable bonds is 5. The number of amides is 1. The second kappa shape index (κ2) is 6.78. The van der Waals surface area contributed by atoms with Crippen molar-refractivity contribution < 1.29 is 14.6 Å². The van der Waals surface area contributed by atoms with Gasteiger partial charge in [0.1, 0.15) is 5.69 Å². The van der Waals surface area contributed by atoms with Crippen molar-refractivity contribution >= 4 is 23.0 Å². The molecule has 0 aromatic heterocycles. The second-order valence-corrected chi connectivity index (χ2v) is 5.10. The molecule has 0 radical (unpaired) electrons. The van der Waals surface area contributed by atoms with E-state index in [1.807, 2.05) is 30.3 Å². The van der Waals surface area contributed by atoms with Gasteiger partial charge in [-0.05, 0) is 11.6 Å². The normalized spacial score (nSPS) is 16.0. The van der Waals surface area contributed by atoms with Crippen molar-refractivity contribution in [3.8, 4) is 0 Å². The lowest BCUT2D eigenvalue weighted by Gasteiger charge is -2.09. The predicted molar refractivity (Wildman–Crippen MR) is 87.2 cm³/mol. The summed E-state index contributed by atoms with van der Waals surface area (Å²) < 4.78 is 0. The number of oxime groups is 1. The lowest BCUT2D eigenvalue weighted by molar-refractivity contribution is -0.384. The largest absolute Gasteiger partial charge is 0.387 e. The van der Waals surface area contributed by atoms with E-state index in [4.69, 9.17) is 4.84 Å². The van der Waals surface area contributed by atoms with E-state index >= 15 is 0 Å². The number of anilines is 1. The van der Waals surface area contributed by atoms with Gasteiger partial charge in [0.25, 0.3) is 11.6 Å². The van der Waals surface area contributed by atoms with Crippen LogP contribution in [-0.4, -0.2) is 16.5 Å². The Balaban J connectivity index is 1.60. The van der Waals surface area contributed by atoms with E-state index < -0.39 is 10.8 Å². The topological polar surface area (TPSA) is 106 Å². The van der Waals surface area contributed by atoms with Gasteiger partial charge in [-0.15, -0.1) is 0 Å². The van der Waals surface area contributed by atoms with Gasteiger partial charge < -0.3 is 4.84 Å². The molecule has 8 nitrogen and oxygen atoms in total. The number of nitro groups is 1. The highest BCUT2D eigenvalue weighted by atomic mass is 16.6. The lowest BCUT2D eigenvalue weighted by Crippen LogP contribution is -2.35. The van der Waals surface area contributed by atoms with Gasteiger partial charge in [-0.3, -0.25) is 25.8 Å². The molecule has 0 bridgehead atoms. The van der Waals surface area contributed by atoms with Crippen molar-refractivity contribution in [1.29, 1.82) is 0 Å². The maximum atomic E-state index is 12.1. The lowest BCUT2D eigenvalue weighted by atomic mass is 10.0. The van der Waals surface area contributed by atoms with Crippen LogP contribution in [-0.2, 0) is 9.63 Å². The maximum absolute atomic E-state index is 12.1. The first-order chi connectivity index (χ1) is 11.6. The molecule has 2 aromatic carbocycles. The van der Waals surface area contributed by atoms with E-state index in [0.717, 1.165) is 5.56 Å². The fourth-order valence-electron chi connectivity index (χ4n) is 2.29. The molecule has 0 saturated heterocycles. The average molecular weight is 326 g/mol. The SMILES string of the molecule is O=C(NNc1ccccc1[N+](=O)[O-])C1=NOC(c2ccccc2)C1. The highest BCUT2D eigenvalue weighted by Crippen LogP contribution is 2.27. The van der Waals surface area contributed by atoms with E-state index in [1.165, 1.54) is 12.1 Å². The van der Waals surface area contributed by atoms with Gasteiger partial charge in [0.15, 0.2) is 11.8 Å². The first-order valence-corrected chi connectivity index (χ1v) is 7.22. The van der Waals surface area contributed by atoms with Crippen LogP contribution in [0.25, 0.3) is 0 Å². The molecule has 3 rings (SSSR count). The van der Waals surface area contributed by atoms with Gasteiger partial charge >= 0.3 is 0 Å². The molecule has 122 valence electrons. The van der Waals surface area contributed by atoms with Gasteiger partial charge in [0.05, 0.1) is 4.92 Å². The Morgan fingerprint density at radius 1 is 1.17 bits per heavy atom. The maximum Gasteiger partial charge on any atom is 0.294 e. The van der Waals surface area contributed by atoms with E-state index in [0.29, 0.717) is 6.42 Å². The van der Waals surface area contributed by atoms with Crippen LogP contribution in [0.5, 0.6) is 0 Å². The Labute approximate surface area is 137 Å². The zero-order valence-electron chi connectivity index (χ0n) is 12.5. The third-order valence-corrected chi connectivity index (χ3v) is 3.51. The van der Waals surface area contributed by atoms with Crippen LogP contribution >= 0.6 is 0 Å². The minimum Gasteiger partial charge on any atom is -0.387 e. The fraction of sp³-hybridized carbons (Fsp3) is 0.125. The van der Waals surface area contributed by atoms with Gasteiger partial charge in [-0.2, -0.15) is 0 Å². The number of carbonyl (C=O) groups is 1. The molecule has 1 heterocycles. The molecule has 1 aliphatic heterocycles. The molecule has 0 spiro atoms. The number of hydrogen-bond acceptors (Lipinski definition) is 6. The van der Waals surface area contributed by atoms with Crippen molar-refractivity contribution in [3.05, 3.63) is 70.3 Å². The third-order valence-electron chi connectivity index (χ3n) is 3.51. The zero-order chi connectivity index (χ0) is 16.9. The molecule has 24 heavy (non-hydrogen) atoms. The quantitative estimate of drug-likeness (QED) is 0.649. The fourth-order valence-corrected chi connectivity index (χ4v) is 2.29. The molecule has 0 aliphatic carbocycles. The Bertz CT molecular complexity index is 792. The van der Waals surface area contributed by atoms with Crippen LogP contribution in [0.15, 0.2) is 59.8 Å². The standard InChI is InChI=1S/C16H14N4O4/c21-16(18-17-12-8-4-5-9-14(12)20(22)23)13-10-15(24-19-13)11-6-2-1-3-7-11/h1-9,15,17H,10H2,(H,18,21). The Morgan fingerprint density at radius 3 is 2.62 bits per heavy atom. The molecule has 2 N–H and O–H groups in total. The highest BCUT2D eigenvalue weighted by molar-refractivity contribution is 6.39. The minimum atomic E-state index is -0.532. The van der Waals surface area contributed by atoms with Crippen molar-refractivity contribution in [1.82, 2.24) is 5.43 Å². The number of hydrogen-bond donors (Lipinski definition) is 2. The van der Waals surface area contributed by atoms with Crippen molar-refractivity contribution in [2.24, 2.45) is 5.16 Å². The number of para-hydroxylation sites is 2. The van der Waals surface area contributed by atoms with Crippen molar-refractivity contribution in [2.45, 2.75) is 12.5 Å². The van der Waals surface area contributed by atoms with Gasteiger partial charge in [0, 0.05) is 12.5 Å². The molecular weight excluding hydrogens is 312 g/mol. The second-order valence-electron chi connectivity index (χ2n) is 5.10. The summed E-state index contributed by atoms with van der Waals surface area (Å²) in [5, 5.41) is 14.7. The Morgan fingerprint density at radius 2 is 1.88 bits per heavy atom. The summed E-state index contributed by atoms with van der Waals surface area (Å²) in [4.78, 5) is 27.8. The number of nitrogens with one attached hydrogen (secondary N) is 2. The van der Waals surface area contributed by atoms with Crippen LogP contribution in [0.1, 0.15) is 18.1 Å². The molecule has 1 atom stereocenters. The minimum absolute atomic E-state index is 0.135. The number of hydrazine groups is 1. The smallest absolute Gasteiger partial charge is 0.294 e. The molecule has 0 saturated carbocycles. The van der Waals surface area contributed by atoms with Crippen LogP contribution in [0.2, 0.25) is 0 Å². The molecule has 1 unspecified atom stereocenters. The molecule has 1 amide bonds. The highest BCUT2D eigenvalue weighted by Gasteiger charge is 2.27. The summed E-state index contributed by atoms with van der Waals surface area (Å²) in [6.45, 7) is 0. The Hall–Kier alpha value is -3.42. The number of nitro benzene ring substituents is 1. The monoisotopic (exact) mass is 326 g/mol. The Kier molecular flexibility index (Phi) is 4.37. The first-order valence-electron chi connectivity index (χ1n) is 7.22. The van der Waals surface area contributed by atoms with Crippen molar-refractivity contribution in [2.75, 3.05) is 5.43 Å². The van der Waals surface area contributed by atoms with Crippen LogP contribution in [0.3, 0.4) is 0 Å². The molecular formula is C16H14N4O4. The van der Waals surface area contributed by atoms with E-state index in [-0.39, 0.29) is 23.2 Å². The summed E-state index contributed by atoms with van der Waals surface area (Å²) in [6, 6.07) is 15.5. The van der Waals surface area contributed by atoms with Crippen LogP contribution in [0, 0.1) is 10.1 Å². The average Bonchev–Trinajstić information content (AvgIpc) is 3.11. The number of benzene rings is 2. The first kappa shape index (κ1) is 15.5. The summed E-state index contributed by atoms with van der Waals surface area (Å²) >= 11 is 0. The molecule has 2 aromatic rings. The zero-order valence-corrected chi connectivity index (χ0v) is 12.5. The molecule has 8 heteroatoms. The summed E-state index contributed by atoms with van der Waals surface area (Å²) in [7, 11) is 0. The summed E-state index contributed by atoms with van der Waals surface area (Å²) in [5.74, 6) is -0.494. The number of nitrogens with zero attached hydrogens (tertiary/aromatic N) is 2. The van der Waals surface area contributed by atoms with E-state index in [2.05, 4.69) is 16.0 Å². The summed E-state index contributed by atoms with van der Waals surface area (Å²) in [6.07, 6.45) is 0.0204. The molecule has 0 fully saturated rings. The van der Waals surface area contributed by atoms with Crippen molar-refractivity contribution in [3.63, 3.8) is 0 Å². The van der Waals surface area contributed by atoms with E-state index in [9.17, 15) is 14.9 Å². The van der Waals surface area contributed by atoms with Gasteiger partial charge in [-0.25, -0.2) is 0 Å². The number of carbonyl (C=O) groups excluding carboxylic acids is 1. The van der Waals surface area contributed by atoms with Crippen LogP contribution in [0.4, 0.5) is 11.4 Å². The van der Waals surface area contributed by atoms with E-state index in [1.54, 1.807) is 12.1 Å².